The Balaban J connectivity index is 2.36. The van der Waals surface area contributed by atoms with E-state index in [0.29, 0.717) is 11.3 Å². The molecule has 0 saturated carbocycles. The first-order valence-corrected chi connectivity index (χ1v) is 11.0. The maximum atomic E-state index is 11.2. The van der Waals surface area contributed by atoms with Crippen molar-refractivity contribution in [1.29, 1.82) is 0 Å². The highest BCUT2D eigenvalue weighted by atomic mass is 28.4. The van der Waals surface area contributed by atoms with Crippen molar-refractivity contribution < 1.29 is 18.5 Å². The molecule has 0 unspecified atom stereocenters. The van der Waals surface area contributed by atoms with E-state index in [9.17, 15) is 4.79 Å². The smallest absolute Gasteiger partial charge is 0.494 e. The van der Waals surface area contributed by atoms with E-state index in [1.807, 2.05) is 33.8 Å². The maximum absolute atomic E-state index is 11.2. The van der Waals surface area contributed by atoms with E-state index in [4.69, 9.17) is 13.7 Å². The lowest BCUT2D eigenvalue weighted by molar-refractivity contribution is 0.00578. The highest BCUT2D eigenvalue weighted by Gasteiger charge is 2.51. The second kappa shape index (κ2) is 5.51. The van der Waals surface area contributed by atoms with Gasteiger partial charge in [0.05, 0.1) is 11.2 Å². The second-order valence-corrected chi connectivity index (χ2v) is 12.2. The fraction of sp³-hybridized carbons (Fsp3) is 0.562. The average molecular weight is 320 g/mol. The summed E-state index contributed by atoms with van der Waals surface area (Å²) in [5, 5.41) is 0. The molecule has 1 saturated heterocycles. The first-order chi connectivity index (χ1) is 9.93. The molecule has 0 atom stereocenters. The van der Waals surface area contributed by atoms with Crippen molar-refractivity contribution in [3.05, 3.63) is 23.8 Å². The minimum atomic E-state index is -1.75. The molecule has 0 aliphatic carbocycles. The van der Waals surface area contributed by atoms with Gasteiger partial charge in [-0.3, -0.25) is 4.79 Å². The second-order valence-electron chi connectivity index (χ2n) is 7.76. The molecule has 0 N–H and O–H groups in total. The average Bonchev–Trinajstić information content (AvgIpc) is 2.56. The molecule has 1 heterocycles. The highest BCUT2D eigenvalue weighted by molar-refractivity contribution is 6.70. The Morgan fingerprint density at radius 1 is 1.05 bits per heavy atom. The van der Waals surface area contributed by atoms with Gasteiger partial charge >= 0.3 is 7.12 Å². The fourth-order valence-electron chi connectivity index (χ4n) is 2.24. The summed E-state index contributed by atoms with van der Waals surface area (Å²) in [5.74, 6) is 0.702. The van der Waals surface area contributed by atoms with Crippen LogP contribution in [0, 0.1) is 0 Å². The molecule has 0 bridgehead atoms. The SMILES string of the molecule is CC1(C)OB(c2cc(C=O)cc(O[Si](C)(C)C)c2)OC1(C)C. The summed E-state index contributed by atoms with van der Waals surface area (Å²) in [7, 11) is -2.24. The summed E-state index contributed by atoms with van der Waals surface area (Å²) < 4.78 is 18.1. The van der Waals surface area contributed by atoms with Gasteiger partial charge in [-0.1, -0.05) is 6.07 Å². The van der Waals surface area contributed by atoms with Gasteiger partial charge in [-0.2, -0.15) is 0 Å². The van der Waals surface area contributed by atoms with Crippen molar-refractivity contribution in [2.45, 2.75) is 58.5 Å². The van der Waals surface area contributed by atoms with Crippen LogP contribution in [-0.2, 0) is 9.31 Å². The molecule has 6 heteroatoms. The van der Waals surface area contributed by atoms with Crippen molar-refractivity contribution in [2.24, 2.45) is 0 Å². The van der Waals surface area contributed by atoms with E-state index in [2.05, 4.69) is 19.6 Å². The number of benzene rings is 1. The molecule has 2 rings (SSSR count). The van der Waals surface area contributed by atoms with Crippen molar-refractivity contribution in [1.82, 2.24) is 0 Å². The number of hydrogen-bond donors (Lipinski definition) is 0. The van der Waals surface area contributed by atoms with Gasteiger partial charge in [0.1, 0.15) is 12.0 Å². The number of carbonyl (C=O) groups excluding carboxylic acids is 1. The van der Waals surface area contributed by atoms with E-state index in [0.717, 1.165) is 11.7 Å². The number of carbonyl (C=O) groups is 1. The Labute approximate surface area is 134 Å². The molecule has 1 aromatic rings. The molecule has 0 aromatic heterocycles. The molecular weight excluding hydrogens is 295 g/mol. The van der Waals surface area contributed by atoms with Crippen molar-refractivity contribution in [2.75, 3.05) is 0 Å². The third-order valence-electron chi connectivity index (χ3n) is 4.04. The first kappa shape index (κ1) is 17.2. The minimum absolute atomic E-state index is 0.408. The number of aldehydes is 1. The molecule has 1 aliphatic heterocycles. The predicted octanol–water partition coefficient (Wildman–Crippen LogP) is 3.01. The number of rotatable bonds is 4. The topological polar surface area (TPSA) is 44.8 Å². The van der Waals surface area contributed by atoms with Crippen LogP contribution in [0.5, 0.6) is 5.75 Å². The molecule has 1 fully saturated rings. The third-order valence-corrected chi connectivity index (χ3v) is 4.88. The Morgan fingerprint density at radius 2 is 1.59 bits per heavy atom. The van der Waals surface area contributed by atoms with Gasteiger partial charge in [0.2, 0.25) is 8.32 Å². The Morgan fingerprint density at radius 3 is 2.05 bits per heavy atom. The van der Waals surface area contributed by atoms with Crippen molar-refractivity contribution in [3.63, 3.8) is 0 Å². The monoisotopic (exact) mass is 320 g/mol. The molecule has 0 radical (unpaired) electrons. The Hall–Kier alpha value is -1.11. The molecule has 22 heavy (non-hydrogen) atoms. The quantitative estimate of drug-likeness (QED) is 0.632. The maximum Gasteiger partial charge on any atom is 0.494 e. The minimum Gasteiger partial charge on any atom is -0.544 e. The summed E-state index contributed by atoms with van der Waals surface area (Å²) in [4.78, 5) is 11.2. The van der Waals surface area contributed by atoms with Gasteiger partial charge in [-0.05, 0) is 64.9 Å². The van der Waals surface area contributed by atoms with Crippen LogP contribution in [0.2, 0.25) is 19.6 Å². The van der Waals surface area contributed by atoms with Gasteiger partial charge in [0, 0.05) is 5.56 Å². The zero-order valence-electron chi connectivity index (χ0n) is 14.5. The van der Waals surface area contributed by atoms with E-state index in [1.54, 1.807) is 12.1 Å². The van der Waals surface area contributed by atoms with E-state index < -0.39 is 26.6 Å². The third kappa shape index (κ3) is 3.62. The van der Waals surface area contributed by atoms with Gasteiger partial charge in [-0.25, -0.2) is 0 Å². The first-order valence-electron chi connectivity index (χ1n) is 7.58. The Kier molecular flexibility index (Phi) is 4.32. The number of hydrogen-bond acceptors (Lipinski definition) is 4. The van der Waals surface area contributed by atoms with Gasteiger partial charge in [-0.15, -0.1) is 0 Å². The zero-order chi connectivity index (χ0) is 16.8. The molecular formula is C16H25BO4Si. The summed E-state index contributed by atoms with van der Waals surface area (Å²) in [6.07, 6.45) is 0.825. The van der Waals surface area contributed by atoms with Crippen LogP contribution in [0.3, 0.4) is 0 Å². The lowest BCUT2D eigenvalue weighted by Gasteiger charge is -2.32. The van der Waals surface area contributed by atoms with Crippen LogP contribution in [-0.4, -0.2) is 32.9 Å². The molecule has 4 nitrogen and oxygen atoms in total. The highest BCUT2D eigenvalue weighted by Crippen LogP contribution is 2.36. The Bertz CT molecular complexity index is 562. The van der Waals surface area contributed by atoms with Crippen LogP contribution >= 0.6 is 0 Å². The lowest BCUT2D eigenvalue weighted by Crippen LogP contribution is -2.41. The lowest BCUT2D eigenvalue weighted by atomic mass is 9.78. The van der Waals surface area contributed by atoms with E-state index in [1.165, 1.54) is 0 Å². The standard InChI is InChI=1S/C16H25BO4Si/c1-15(2)16(3,4)21-17(20-15)13-8-12(11-18)9-14(10-13)19-22(5,6)7/h8-11H,1-7H3. The normalized spacial score (nSPS) is 20.0. The predicted molar refractivity (Wildman–Crippen MR) is 91.5 cm³/mol. The van der Waals surface area contributed by atoms with Crippen molar-refractivity contribution >= 4 is 27.2 Å². The molecule has 1 aromatic carbocycles. The van der Waals surface area contributed by atoms with E-state index >= 15 is 0 Å². The molecule has 0 amide bonds. The molecule has 120 valence electrons. The summed E-state index contributed by atoms with van der Waals surface area (Å²) in [5.41, 5.74) is 0.570. The summed E-state index contributed by atoms with van der Waals surface area (Å²) >= 11 is 0. The summed E-state index contributed by atoms with van der Waals surface area (Å²) in [6.45, 7) is 14.4. The van der Waals surface area contributed by atoms with Crippen LogP contribution < -0.4 is 9.89 Å². The molecule has 1 aliphatic rings. The molecule has 0 spiro atoms. The van der Waals surface area contributed by atoms with Crippen LogP contribution in [0.25, 0.3) is 0 Å². The summed E-state index contributed by atoms with van der Waals surface area (Å²) in [6, 6.07) is 5.47. The van der Waals surface area contributed by atoms with E-state index in [-0.39, 0.29) is 0 Å². The van der Waals surface area contributed by atoms with Crippen molar-refractivity contribution in [3.8, 4) is 5.75 Å². The van der Waals surface area contributed by atoms with Gasteiger partial charge in [0.15, 0.2) is 0 Å². The van der Waals surface area contributed by atoms with Crippen LogP contribution in [0.15, 0.2) is 18.2 Å². The zero-order valence-corrected chi connectivity index (χ0v) is 15.5. The van der Waals surface area contributed by atoms with Gasteiger partial charge in [0.25, 0.3) is 0 Å². The van der Waals surface area contributed by atoms with Crippen LogP contribution in [0.4, 0.5) is 0 Å². The van der Waals surface area contributed by atoms with Gasteiger partial charge < -0.3 is 13.7 Å². The largest absolute Gasteiger partial charge is 0.544 e. The fourth-order valence-corrected chi connectivity index (χ4v) is 3.07. The van der Waals surface area contributed by atoms with Crippen LogP contribution in [0.1, 0.15) is 38.1 Å².